The van der Waals surface area contributed by atoms with Crippen LogP contribution in [0.2, 0.25) is 0 Å². The smallest absolute Gasteiger partial charge is 0.151 e. The number of anilines is 1. The highest BCUT2D eigenvalue weighted by atomic mass is 16.5. The first-order chi connectivity index (χ1) is 10.6. The first kappa shape index (κ1) is 14.7. The molecule has 0 fully saturated rings. The van der Waals surface area contributed by atoms with Gasteiger partial charge in [0.05, 0.1) is 19.3 Å². The summed E-state index contributed by atoms with van der Waals surface area (Å²) in [6.07, 6.45) is 0.0252. The highest BCUT2D eigenvalue weighted by molar-refractivity contribution is 5.81. The molecule has 3 rings (SSSR count). The summed E-state index contributed by atoms with van der Waals surface area (Å²) in [7, 11) is 3.76. The molecule has 0 saturated heterocycles. The van der Waals surface area contributed by atoms with Gasteiger partial charge in [0.1, 0.15) is 11.9 Å². The Labute approximate surface area is 131 Å². The Balaban J connectivity index is 2.11. The molecule has 22 heavy (non-hydrogen) atoms. The van der Waals surface area contributed by atoms with Gasteiger partial charge in [0, 0.05) is 19.2 Å². The number of nitrogens with zero attached hydrogens (tertiary/aromatic N) is 1. The van der Waals surface area contributed by atoms with Gasteiger partial charge >= 0.3 is 0 Å². The highest BCUT2D eigenvalue weighted by Crippen LogP contribution is 2.42. The second kappa shape index (κ2) is 5.89. The Kier molecular flexibility index (Phi) is 3.94. The predicted octanol–water partition coefficient (Wildman–Crippen LogP) is 2.83. The lowest BCUT2D eigenvalue weighted by Gasteiger charge is -2.34. The Morgan fingerprint density at radius 1 is 1.27 bits per heavy atom. The summed E-state index contributed by atoms with van der Waals surface area (Å²) in [5.74, 6) is 1.78. The maximum absolute atomic E-state index is 6.15. The van der Waals surface area contributed by atoms with Crippen molar-refractivity contribution in [1.29, 1.82) is 0 Å². The molecule has 4 nitrogen and oxygen atoms in total. The molecule has 0 bridgehead atoms. The number of rotatable bonds is 3. The van der Waals surface area contributed by atoms with Crippen LogP contribution in [0.25, 0.3) is 11.1 Å². The summed E-state index contributed by atoms with van der Waals surface area (Å²) in [4.78, 5) is 2.21. The van der Waals surface area contributed by atoms with Gasteiger partial charge in [-0.3, -0.25) is 0 Å². The number of benzene rings is 2. The van der Waals surface area contributed by atoms with E-state index in [-0.39, 0.29) is 6.10 Å². The predicted molar refractivity (Wildman–Crippen MR) is 89.9 cm³/mol. The first-order valence-electron chi connectivity index (χ1n) is 7.50. The third kappa shape index (κ3) is 2.50. The number of aryl methyl sites for hydroxylation is 1. The fourth-order valence-electron chi connectivity index (χ4n) is 2.96. The second-order valence-corrected chi connectivity index (χ2v) is 5.69. The number of ether oxygens (including phenoxy) is 2. The SMILES string of the molecule is COc1ccc(-c2cccc3c2OC(CN)CN3C)c(C)c1. The molecular formula is C18H22N2O2. The van der Waals surface area contributed by atoms with Crippen LogP contribution in [0.15, 0.2) is 36.4 Å². The van der Waals surface area contributed by atoms with E-state index >= 15 is 0 Å². The van der Waals surface area contributed by atoms with Crippen LogP contribution < -0.4 is 20.1 Å². The zero-order valence-corrected chi connectivity index (χ0v) is 13.3. The Hall–Kier alpha value is -2.20. The molecule has 116 valence electrons. The summed E-state index contributed by atoms with van der Waals surface area (Å²) in [6.45, 7) is 3.42. The fraction of sp³-hybridized carbons (Fsp3) is 0.333. The van der Waals surface area contributed by atoms with E-state index in [0.717, 1.165) is 40.4 Å². The van der Waals surface area contributed by atoms with Crippen molar-refractivity contribution in [1.82, 2.24) is 0 Å². The van der Waals surface area contributed by atoms with Gasteiger partial charge in [-0.2, -0.15) is 0 Å². The van der Waals surface area contributed by atoms with Crippen molar-refractivity contribution in [3.8, 4) is 22.6 Å². The van der Waals surface area contributed by atoms with Crippen LogP contribution in [0.1, 0.15) is 5.56 Å². The van der Waals surface area contributed by atoms with Crippen LogP contribution in [0.5, 0.6) is 11.5 Å². The zero-order valence-electron chi connectivity index (χ0n) is 13.3. The molecule has 1 aliphatic heterocycles. The van der Waals surface area contributed by atoms with Crippen molar-refractivity contribution in [3.63, 3.8) is 0 Å². The van der Waals surface area contributed by atoms with Crippen LogP contribution in [0, 0.1) is 6.92 Å². The zero-order chi connectivity index (χ0) is 15.7. The fourth-order valence-corrected chi connectivity index (χ4v) is 2.96. The number of methoxy groups -OCH3 is 1. The van der Waals surface area contributed by atoms with E-state index in [4.69, 9.17) is 15.2 Å². The highest BCUT2D eigenvalue weighted by Gasteiger charge is 2.25. The minimum Gasteiger partial charge on any atom is -0.497 e. The lowest BCUT2D eigenvalue weighted by atomic mass is 9.97. The average Bonchev–Trinajstić information content (AvgIpc) is 2.54. The number of para-hydroxylation sites is 1. The molecule has 0 saturated carbocycles. The van der Waals surface area contributed by atoms with Crippen molar-refractivity contribution in [2.24, 2.45) is 5.73 Å². The van der Waals surface area contributed by atoms with Crippen LogP contribution >= 0.6 is 0 Å². The normalized spacial score (nSPS) is 16.9. The van der Waals surface area contributed by atoms with Crippen LogP contribution in [-0.2, 0) is 0 Å². The lowest BCUT2D eigenvalue weighted by Crippen LogP contribution is -2.42. The molecule has 1 aliphatic rings. The molecule has 2 N–H and O–H groups in total. The largest absolute Gasteiger partial charge is 0.497 e. The molecule has 0 spiro atoms. The second-order valence-electron chi connectivity index (χ2n) is 5.69. The van der Waals surface area contributed by atoms with Gasteiger partial charge in [0.2, 0.25) is 0 Å². The average molecular weight is 298 g/mol. The summed E-state index contributed by atoms with van der Waals surface area (Å²) < 4.78 is 11.4. The Bertz CT molecular complexity index is 685. The van der Waals surface area contributed by atoms with Gasteiger partial charge in [0.25, 0.3) is 0 Å². The standard InChI is InChI=1S/C18H22N2O2/c1-12-9-13(21-3)7-8-15(12)16-5-4-6-17-18(16)22-14(10-19)11-20(17)2/h4-9,14H,10-11,19H2,1-3H3. The van der Waals surface area contributed by atoms with Crippen LogP contribution in [-0.4, -0.2) is 33.4 Å². The van der Waals surface area contributed by atoms with Gasteiger partial charge in [-0.1, -0.05) is 18.2 Å². The number of hydrogen-bond acceptors (Lipinski definition) is 4. The van der Waals surface area contributed by atoms with Crippen LogP contribution in [0.4, 0.5) is 5.69 Å². The maximum atomic E-state index is 6.15. The van der Waals surface area contributed by atoms with E-state index in [0.29, 0.717) is 6.54 Å². The van der Waals surface area contributed by atoms with E-state index in [1.54, 1.807) is 7.11 Å². The van der Waals surface area contributed by atoms with Crippen molar-refractivity contribution >= 4 is 5.69 Å². The third-order valence-electron chi connectivity index (χ3n) is 4.15. The topological polar surface area (TPSA) is 47.7 Å². The third-order valence-corrected chi connectivity index (χ3v) is 4.15. The Morgan fingerprint density at radius 3 is 2.77 bits per heavy atom. The molecule has 0 radical (unpaired) electrons. The van der Waals surface area contributed by atoms with E-state index < -0.39 is 0 Å². The van der Waals surface area contributed by atoms with Gasteiger partial charge in [0.15, 0.2) is 5.75 Å². The minimum atomic E-state index is 0.0252. The molecule has 0 aliphatic carbocycles. The summed E-state index contributed by atoms with van der Waals surface area (Å²) in [5.41, 5.74) is 10.3. The van der Waals surface area contributed by atoms with E-state index in [1.165, 1.54) is 0 Å². The summed E-state index contributed by atoms with van der Waals surface area (Å²) in [6, 6.07) is 12.4. The molecule has 1 unspecified atom stereocenters. The van der Waals surface area contributed by atoms with Crippen molar-refractivity contribution in [2.75, 3.05) is 32.1 Å². The monoisotopic (exact) mass is 298 g/mol. The molecule has 1 heterocycles. The maximum Gasteiger partial charge on any atom is 0.151 e. The van der Waals surface area contributed by atoms with Crippen molar-refractivity contribution in [3.05, 3.63) is 42.0 Å². The Morgan fingerprint density at radius 2 is 2.09 bits per heavy atom. The number of hydrogen-bond donors (Lipinski definition) is 1. The number of nitrogens with two attached hydrogens (primary N) is 1. The summed E-state index contributed by atoms with van der Waals surface area (Å²) >= 11 is 0. The van der Waals surface area contributed by atoms with Gasteiger partial charge in [-0.25, -0.2) is 0 Å². The molecule has 2 aromatic rings. The van der Waals surface area contributed by atoms with Crippen molar-refractivity contribution in [2.45, 2.75) is 13.0 Å². The summed E-state index contributed by atoms with van der Waals surface area (Å²) in [5, 5.41) is 0. The number of likely N-dealkylation sites (N-methyl/N-ethyl adjacent to an activating group) is 1. The molecule has 0 amide bonds. The van der Waals surface area contributed by atoms with Gasteiger partial charge in [-0.15, -0.1) is 0 Å². The van der Waals surface area contributed by atoms with E-state index in [1.807, 2.05) is 12.1 Å². The molecule has 4 heteroatoms. The van der Waals surface area contributed by atoms with Gasteiger partial charge in [-0.05, 0) is 36.2 Å². The minimum absolute atomic E-state index is 0.0252. The molecule has 2 aromatic carbocycles. The molecule has 0 aromatic heterocycles. The van der Waals surface area contributed by atoms with E-state index in [9.17, 15) is 0 Å². The molecular weight excluding hydrogens is 276 g/mol. The molecule has 1 atom stereocenters. The van der Waals surface area contributed by atoms with E-state index in [2.05, 4.69) is 43.1 Å². The van der Waals surface area contributed by atoms with Crippen molar-refractivity contribution < 1.29 is 9.47 Å². The number of fused-ring (bicyclic) bond motifs is 1. The lowest BCUT2D eigenvalue weighted by molar-refractivity contribution is 0.205. The first-order valence-corrected chi connectivity index (χ1v) is 7.50. The van der Waals surface area contributed by atoms with Crippen LogP contribution in [0.3, 0.4) is 0 Å². The quantitative estimate of drug-likeness (QED) is 0.946. The van der Waals surface area contributed by atoms with Gasteiger partial charge < -0.3 is 20.1 Å².